The van der Waals surface area contributed by atoms with E-state index < -0.39 is 21.7 Å². The lowest BCUT2D eigenvalue weighted by atomic mass is 10.1. The first-order chi connectivity index (χ1) is 11.6. The second-order valence-corrected chi connectivity index (χ2v) is 8.70. The van der Waals surface area contributed by atoms with E-state index in [0.29, 0.717) is 16.7 Å². The van der Waals surface area contributed by atoms with Crippen LogP contribution in [-0.2, 0) is 15.6 Å². The minimum absolute atomic E-state index is 0.0891. The number of halogens is 3. The molecule has 4 nitrogen and oxygen atoms in total. The molecule has 134 valence electrons. The van der Waals surface area contributed by atoms with E-state index in [2.05, 4.69) is 5.32 Å². The quantitative estimate of drug-likeness (QED) is 0.761. The van der Waals surface area contributed by atoms with Gasteiger partial charge in [0.25, 0.3) is 5.91 Å². The van der Waals surface area contributed by atoms with Crippen LogP contribution in [0.5, 0.6) is 0 Å². The summed E-state index contributed by atoms with van der Waals surface area (Å²) in [5.41, 5.74) is 1.36. The van der Waals surface area contributed by atoms with E-state index in [1.807, 2.05) is 0 Å². The molecule has 0 bridgehead atoms. The lowest BCUT2D eigenvalue weighted by Gasteiger charge is -2.16. The highest BCUT2D eigenvalue weighted by Gasteiger charge is 2.16. The van der Waals surface area contributed by atoms with Crippen LogP contribution in [-0.4, -0.2) is 20.6 Å². The van der Waals surface area contributed by atoms with Crippen LogP contribution < -0.4 is 5.32 Å². The van der Waals surface area contributed by atoms with Crippen molar-refractivity contribution in [3.05, 3.63) is 69.0 Å². The van der Waals surface area contributed by atoms with Gasteiger partial charge in [0.05, 0.1) is 16.8 Å². The Morgan fingerprint density at radius 3 is 2.32 bits per heavy atom. The highest BCUT2D eigenvalue weighted by Crippen LogP contribution is 2.28. The molecule has 1 N–H and O–H groups in total. The van der Waals surface area contributed by atoms with E-state index in [1.54, 1.807) is 19.1 Å². The van der Waals surface area contributed by atoms with Gasteiger partial charge in [-0.05, 0) is 42.3 Å². The van der Waals surface area contributed by atoms with Crippen LogP contribution in [0.3, 0.4) is 0 Å². The van der Waals surface area contributed by atoms with Gasteiger partial charge in [0, 0.05) is 16.8 Å². The third kappa shape index (κ3) is 5.42. The Kier molecular flexibility index (Phi) is 6.08. The lowest BCUT2D eigenvalue weighted by molar-refractivity contribution is 0.0940. The molecule has 0 saturated heterocycles. The van der Waals surface area contributed by atoms with E-state index in [9.17, 15) is 17.6 Å². The Labute approximate surface area is 155 Å². The van der Waals surface area contributed by atoms with Gasteiger partial charge in [0.2, 0.25) is 0 Å². The van der Waals surface area contributed by atoms with Crippen LogP contribution in [0.1, 0.15) is 34.5 Å². The van der Waals surface area contributed by atoms with E-state index in [-0.39, 0.29) is 21.7 Å². The summed E-state index contributed by atoms with van der Waals surface area (Å²) >= 11 is 11.7. The molecule has 2 aromatic rings. The number of amides is 1. The molecule has 0 aliphatic rings. The normalized spacial score (nSPS) is 12.7. The molecule has 8 heteroatoms. The van der Waals surface area contributed by atoms with Crippen LogP contribution >= 0.6 is 23.2 Å². The molecular formula is C17H16Cl2FNO3S. The van der Waals surface area contributed by atoms with Crippen LogP contribution in [0.2, 0.25) is 10.0 Å². The summed E-state index contributed by atoms with van der Waals surface area (Å²) in [6.07, 6.45) is 1.14. The Morgan fingerprint density at radius 2 is 1.76 bits per heavy atom. The van der Waals surface area contributed by atoms with E-state index in [0.717, 1.165) is 6.26 Å². The van der Waals surface area contributed by atoms with Crippen LogP contribution in [0.25, 0.3) is 0 Å². The zero-order chi connectivity index (χ0) is 18.8. The Morgan fingerprint density at radius 1 is 1.16 bits per heavy atom. The van der Waals surface area contributed by atoms with Gasteiger partial charge in [-0.1, -0.05) is 35.3 Å². The lowest BCUT2D eigenvalue weighted by Crippen LogP contribution is -2.27. The molecule has 0 radical (unpaired) electrons. The second-order valence-electron chi connectivity index (χ2n) is 5.75. The number of benzene rings is 2. The van der Waals surface area contributed by atoms with Gasteiger partial charge in [-0.15, -0.1) is 0 Å². The first-order valence-electron chi connectivity index (χ1n) is 7.29. The average molecular weight is 404 g/mol. The fourth-order valence-corrected chi connectivity index (χ4v) is 3.63. The number of sulfone groups is 1. The summed E-state index contributed by atoms with van der Waals surface area (Å²) in [7, 11) is -3.14. The molecule has 0 spiro atoms. The molecular weight excluding hydrogens is 388 g/mol. The molecule has 0 aromatic heterocycles. The van der Waals surface area contributed by atoms with Crippen molar-refractivity contribution < 1.29 is 17.6 Å². The van der Waals surface area contributed by atoms with Gasteiger partial charge in [-0.2, -0.15) is 0 Å². The van der Waals surface area contributed by atoms with E-state index in [1.165, 1.54) is 24.3 Å². The van der Waals surface area contributed by atoms with Gasteiger partial charge in [-0.25, -0.2) is 12.8 Å². The highest BCUT2D eigenvalue weighted by molar-refractivity contribution is 7.89. The van der Waals surface area contributed by atoms with E-state index >= 15 is 0 Å². The molecule has 0 heterocycles. The number of hydrogen-bond acceptors (Lipinski definition) is 3. The molecule has 1 amide bonds. The van der Waals surface area contributed by atoms with Crippen molar-refractivity contribution in [1.82, 2.24) is 5.32 Å². The third-order valence-corrected chi connectivity index (χ3v) is 4.97. The summed E-state index contributed by atoms with van der Waals surface area (Å²) in [6, 6.07) is 8.16. The third-order valence-electron chi connectivity index (χ3n) is 3.50. The predicted molar refractivity (Wildman–Crippen MR) is 97.3 cm³/mol. The minimum Gasteiger partial charge on any atom is -0.345 e. The van der Waals surface area contributed by atoms with Crippen molar-refractivity contribution >= 4 is 38.9 Å². The molecule has 0 fully saturated rings. The summed E-state index contributed by atoms with van der Waals surface area (Å²) < 4.78 is 36.2. The number of rotatable bonds is 5. The molecule has 0 aliphatic carbocycles. The zero-order valence-electron chi connectivity index (χ0n) is 13.5. The predicted octanol–water partition coefficient (Wildman–Crippen LogP) is 4.17. The van der Waals surface area contributed by atoms with Crippen LogP contribution in [0, 0.1) is 5.82 Å². The monoisotopic (exact) mass is 403 g/mol. The second kappa shape index (κ2) is 7.72. The smallest absolute Gasteiger partial charge is 0.251 e. The van der Waals surface area contributed by atoms with Gasteiger partial charge in [-0.3, -0.25) is 4.79 Å². The Bertz CT molecular complexity index is 899. The number of hydrogen-bond donors (Lipinski definition) is 1. The molecule has 0 unspecified atom stereocenters. The Hall–Kier alpha value is -1.63. The van der Waals surface area contributed by atoms with Crippen molar-refractivity contribution in [2.45, 2.75) is 18.7 Å². The maximum absolute atomic E-state index is 13.6. The molecule has 2 aromatic carbocycles. The summed E-state index contributed by atoms with van der Waals surface area (Å²) in [6.45, 7) is 1.67. The SMILES string of the molecule is C[C@@H](NC(=O)c1ccc(CS(C)(=O)=O)cc1)c1cc(F)c(Cl)cc1Cl. The van der Waals surface area contributed by atoms with E-state index in [4.69, 9.17) is 23.2 Å². The molecule has 0 aliphatic heterocycles. The van der Waals surface area contributed by atoms with Crippen molar-refractivity contribution in [3.8, 4) is 0 Å². The number of carbonyl (C=O) groups is 1. The fourth-order valence-electron chi connectivity index (χ4n) is 2.28. The van der Waals surface area contributed by atoms with Crippen molar-refractivity contribution in [2.75, 3.05) is 6.26 Å². The maximum atomic E-state index is 13.6. The first kappa shape index (κ1) is 19.7. The molecule has 0 saturated carbocycles. The van der Waals surface area contributed by atoms with Gasteiger partial charge < -0.3 is 5.32 Å². The molecule has 2 rings (SSSR count). The highest BCUT2D eigenvalue weighted by atomic mass is 35.5. The summed E-state index contributed by atoms with van der Waals surface area (Å²) in [4.78, 5) is 12.3. The fraction of sp³-hybridized carbons (Fsp3) is 0.235. The topological polar surface area (TPSA) is 63.2 Å². The first-order valence-corrected chi connectivity index (χ1v) is 10.1. The van der Waals surface area contributed by atoms with Crippen LogP contribution in [0.15, 0.2) is 36.4 Å². The summed E-state index contributed by atoms with van der Waals surface area (Å²) in [5.74, 6) is -1.09. The van der Waals surface area contributed by atoms with Crippen LogP contribution in [0.4, 0.5) is 4.39 Å². The molecule has 1 atom stereocenters. The van der Waals surface area contributed by atoms with Gasteiger partial charge in [0.15, 0.2) is 9.84 Å². The van der Waals surface area contributed by atoms with Gasteiger partial charge in [0.1, 0.15) is 5.82 Å². The number of carbonyl (C=O) groups excluding carboxylic acids is 1. The van der Waals surface area contributed by atoms with Crippen molar-refractivity contribution in [1.29, 1.82) is 0 Å². The van der Waals surface area contributed by atoms with Crippen molar-refractivity contribution in [2.24, 2.45) is 0 Å². The standard InChI is InChI=1S/C17H16Cl2FNO3S/c1-10(13-7-16(20)15(19)8-14(13)18)21-17(22)12-5-3-11(4-6-12)9-25(2,23)24/h3-8,10H,9H2,1-2H3,(H,21,22)/t10-/m1/s1. The van der Waals surface area contributed by atoms with Crippen molar-refractivity contribution in [3.63, 3.8) is 0 Å². The average Bonchev–Trinajstić information content (AvgIpc) is 2.49. The van der Waals surface area contributed by atoms with Gasteiger partial charge >= 0.3 is 0 Å². The maximum Gasteiger partial charge on any atom is 0.251 e. The minimum atomic E-state index is -3.14. The number of nitrogens with one attached hydrogen (secondary N) is 1. The largest absolute Gasteiger partial charge is 0.345 e. The Balaban J connectivity index is 2.12. The summed E-state index contributed by atoms with van der Waals surface area (Å²) in [5, 5.41) is 2.88. The molecule has 25 heavy (non-hydrogen) atoms. The zero-order valence-corrected chi connectivity index (χ0v) is 15.8.